The van der Waals surface area contributed by atoms with Crippen molar-refractivity contribution in [3.05, 3.63) is 0 Å². The van der Waals surface area contributed by atoms with Crippen molar-refractivity contribution in [1.29, 1.82) is 0 Å². The first-order chi connectivity index (χ1) is 4.34. The second-order valence-electron chi connectivity index (χ2n) is 2.38. The lowest BCUT2D eigenvalue weighted by atomic mass is 10.1. The molecule has 0 amide bonds. The van der Waals surface area contributed by atoms with E-state index >= 15 is 0 Å². The van der Waals surface area contributed by atoms with Crippen molar-refractivity contribution >= 4 is 5.78 Å². The van der Waals surface area contributed by atoms with Gasteiger partial charge in [0, 0.05) is 13.0 Å². The van der Waals surface area contributed by atoms with Gasteiger partial charge in [-0.05, 0) is 12.8 Å². The highest BCUT2D eigenvalue weighted by molar-refractivity contribution is 5.83. The number of hydrogen-bond acceptors (Lipinski definition) is 1. The van der Waals surface area contributed by atoms with Gasteiger partial charge in [0.1, 0.15) is 0 Å². The lowest BCUT2D eigenvalue weighted by Gasteiger charge is -2.02. The van der Waals surface area contributed by atoms with E-state index in [4.69, 9.17) is 0 Å². The number of rotatable bonds is 2. The third-order valence-corrected chi connectivity index (χ3v) is 1.71. The van der Waals surface area contributed by atoms with Gasteiger partial charge in [-0.25, -0.2) is 5.32 Å². The van der Waals surface area contributed by atoms with Crippen molar-refractivity contribution in [1.82, 2.24) is 5.32 Å². The van der Waals surface area contributed by atoms with Gasteiger partial charge in [0.05, 0.1) is 6.04 Å². The summed E-state index contributed by atoms with van der Waals surface area (Å²) in [5.41, 5.74) is 0. The number of hydrogen-bond donors (Lipinski definition) is 0. The van der Waals surface area contributed by atoms with Crippen molar-refractivity contribution < 1.29 is 4.79 Å². The first-order valence-corrected chi connectivity index (χ1v) is 3.54. The van der Waals surface area contributed by atoms with E-state index in [9.17, 15) is 4.79 Å². The van der Waals surface area contributed by atoms with Crippen LogP contribution in [0.1, 0.15) is 26.2 Å². The molecule has 1 unspecified atom stereocenters. The Balaban J connectivity index is 2.32. The van der Waals surface area contributed by atoms with Crippen molar-refractivity contribution in [2.75, 3.05) is 6.54 Å². The molecule has 0 aromatic heterocycles. The molecule has 0 spiro atoms. The van der Waals surface area contributed by atoms with E-state index in [2.05, 4.69) is 5.32 Å². The van der Waals surface area contributed by atoms with Gasteiger partial charge in [-0.15, -0.1) is 0 Å². The smallest absolute Gasteiger partial charge is 0.151 e. The standard InChI is InChI=1S/C7H12NO/c1-2-7(9)6-4-3-5-8-6/h6H,2-5H2,1H3. The van der Waals surface area contributed by atoms with Gasteiger partial charge in [-0.2, -0.15) is 0 Å². The number of ketones is 1. The lowest BCUT2D eigenvalue weighted by Crippen LogP contribution is -2.24. The highest BCUT2D eigenvalue weighted by Crippen LogP contribution is 2.08. The van der Waals surface area contributed by atoms with E-state index in [-0.39, 0.29) is 6.04 Å². The van der Waals surface area contributed by atoms with E-state index in [0.29, 0.717) is 12.2 Å². The van der Waals surface area contributed by atoms with Crippen molar-refractivity contribution in [2.45, 2.75) is 32.2 Å². The third-order valence-electron chi connectivity index (χ3n) is 1.71. The predicted molar refractivity (Wildman–Crippen MR) is 35.3 cm³/mol. The van der Waals surface area contributed by atoms with Crippen LogP contribution in [0.5, 0.6) is 0 Å². The molecule has 1 rings (SSSR count). The first kappa shape index (κ1) is 6.75. The van der Waals surface area contributed by atoms with Crippen LogP contribution in [0.25, 0.3) is 0 Å². The van der Waals surface area contributed by atoms with Crippen LogP contribution in [0.4, 0.5) is 0 Å². The van der Waals surface area contributed by atoms with Crippen molar-refractivity contribution in [3.8, 4) is 0 Å². The molecule has 0 N–H and O–H groups in total. The van der Waals surface area contributed by atoms with Crippen LogP contribution in [-0.4, -0.2) is 18.4 Å². The molecule has 0 aromatic carbocycles. The fraction of sp³-hybridized carbons (Fsp3) is 0.857. The molecule has 0 aromatic rings. The average Bonchev–Trinajstić information content (AvgIpc) is 2.37. The summed E-state index contributed by atoms with van der Waals surface area (Å²) in [4.78, 5) is 10.9. The van der Waals surface area contributed by atoms with Crippen LogP contribution in [-0.2, 0) is 4.79 Å². The predicted octanol–water partition coefficient (Wildman–Crippen LogP) is 0.732. The van der Waals surface area contributed by atoms with Gasteiger partial charge >= 0.3 is 0 Å². The van der Waals surface area contributed by atoms with E-state index in [0.717, 1.165) is 19.4 Å². The van der Waals surface area contributed by atoms with E-state index in [1.807, 2.05) is 6.92 Å². The second kappa shape index (κ2) is 2.97. The monoisotopic (exact) mass is 126 g/mol. The summed E-state index contributed by atoms with van der Waals surface area (Å²) in [6, 6.07) is 0.0648. The van der Waals surface area contributed by atoms with E-state index < -0.39 is 0 Å². The summed E-state index contributed by atoms with van der Waals surface area (Å²) >= 11 is 0. The maximum Gasteiger partial charge on any atom is 0.151 e. The summed E-state index contributed by atoms with van der Waals surface area (Å²) in [6.07, 6.45) is 2.75. The molecule has 1 heterocycles. The number of nitrogens with zero attached hydrogens (tertiary/aromatic N) is 1. The third kappa shape index (κ3) is 1.52. The van der Waals surface area contributed by atoms with Crippen LogP contribution < -0.4 is 5.32 Å². The Labute approximate surface area is 55.6 Å². The zero-order valence-corrected chi connectivity index (χ0v) is 5.76. The fourth-order valence-corrected chi connectivity index (χ4v) is 1.12. The highest BCUT2D eigenvalue weighted by atomic mass is 16.1. The van der Waals surface area contributed by atoms with Crippen LogP contribution in [0.2, 0.25) is 0 Å². The fourth-order valence-electron chi connectivity index (χ4n) is 1.12. The molecule has 1 fully saturated rings. The molecule has 1 atom stereocenters. The van der Waals surface area contributed by atoms with E-state index in [1.165, 1.54) is 0 Å². The van der Waals surface area contributed by atoms with Gasteiger partial charge in [0.2, 0.25) is 0 Å². The minimum atomic E-state index is 0.0648. The maximum atomic E-state index is 10.9. The van der Waals surface area contributed by atoms with Crippen LogP contribution >= 0.6 is 0 Å². The molecule has 0 saturated carbocycles. The molecule has 2 heteroatoms. The van der Waals surface area contributed by atoms with Crippen LogP contribution in [0, 0.1) is 0 Å². The summed E-state index contributed by atoms with van der Waals surface area (Å²) in [5.74, 6) is 0.313. The SMILES string of the molecule is CCC(=O)C1CCC[N]1. The average molecular weight is 126 g/mol. The van der Waals surface area contributed by atoms with Crippen LogP contribution in [0.3, 0.4) is 0 Å². The number of Topliss-reactive ketones (excluding diaryl/α,β-unsaturated/α-hetero) is 1. The molecule has 1 aliphatic rings. The molecule has 1 aliphatic heterocycles. The quantitative estimate of drug-likeness (QED) is 0.536. The lowest BCUT2D eigenvalue weighted by molar-refractivity contribution is -0.120. The molecule has 1 radical (unpaired) electrons. The second-order valence-corrected chi connectivity index (χ2v) is 2.38. The topological polar surface area (TPSA) is 31.2 Å². The molecule has 0 bridgehead atoms. The van der Waals surface area contributed by atoms with Crippen molar-refractivity contribution in [3.63, 3.8) is 0 Å². The molecule has 2 nitrogen and oxygen atoms in total. The van der Waals surface area contributed by atoms with Crippen molar-refractivity contribution in [2.24, 2.45) is 0 Å². The first-order valence-electron chi connectivity index (χ1n) is 3.54. The maximum absolute atomic E-state index is 10.9. The Morgan fingerprint density at radius 3 is 3.00 bits per heavy atom. The van der Waals surface area contributed by atoms with Gasteiger partial charge in [-0.1, -0.05) is 6.92 Å². The number of carbonyl (C=O) groups excluding carboxylic acids is 1. The largest absolute Gasteiger partial charge is 0.298 e. The Bertz CT molecular complexity index is 105. The van der Waals surface area contributed by atoms with Gasteiger partial charge in [-0.3, -0.25) is 4.79 Å². The Morgan fingerprint density at radius 1 is 1.78 bits per heavy atom. The van der Waals surface area contributed by atoms with Gasteiger partial charge < -0.3 is 0 Å². The highest BCUT2D eigenvalue weighted by Gasteiger charge is 2.20. The normalized spacial score (nSPS) is 26.6. The van der Waals surface area contributed by atoms with E-state index in [1.54, 1.807) is 0 Å². The molecule has 51 valence electrons. The summed E-state index contributed by atoms with van der Waals surface area (Å²) in [6.45, 7) is 2.80. The minimum Gasteiger partial charge on any atom is -0.298 e. The van der Waals surface area contributed by atoms with Crippen LogP contribution in [0.15, 0.2) is 0 Å². The molecule has 9 heavy (non-hydrogen) atoms. The summed E-state index contributed by atoms with van der Waals surface area (Å²) < 4.78 is 0. The Kier molecular flexibility index (Phi) is 2.22. The zero-order valence-electron chi connectivity index (χ0n) is 5.76. The number of carbonyl (C=O) groups is 1. The Hall–Kier alpha value is -0.370. The molecular weight excluding hydrogens is 114 g/mol. The summed E-state index contributed by atoms with van der Waals surface area (Å²) in [7, 11) is 0. The summed E-state index contributed by atoms with van der Waals surface area (Å²) in [5, 5.41) is 4.16. The Morgan fingerprint density at radius 2 is 2.56 bits per heavy atom. The van der Waals surface area contributed by atoms with Gasteiger partial charge in [0.25, 0.3) is 0 Å². The molecular formula is C7H12NO. The van der Waals surface area contributed by atoms with Gasteiger partial charge in [0.15, 0.2) is 5.78 Å². The minimum absolute atomic E-state index is 0.0648. The molecule has 0 aliphatic carbocycles. The zero-order chi connectivity index (χ0) is 6.69. The molecule has 1 saturated heterocycles.